The van der Waals surface area contributed by atoms with Gasteiger partial charge in [0.25, 0.3) is 5.89 Å². The monoisotopic (exact) mass is 395 g/mol. The minimum atomic E-state index is -2.97. The van der Waals surface area contributed by atoms with Gasteiger partial charge in [0.1, 0.15) is 17.3 Å². The second kappa shape index (κ2) is 6.91. The minimum absolute atomic E-state index is 0.133. The summed E-state index contributed by atoms with van der Waals surface area (Å²) < 4.78 is 59.8. The second-order valence-electron chi connectivity index (χ2n) is 5.44. The lowest BCUT2D eigenvalue weighted by Gasteiger charge is -2.06. The van der Waals surface area contributed by atoms with Gasteiger partial charge in [0.2, 0.25) is 5.89 Å². The van der Waals surface area contributed by atoms with Gasteiger partial charge in [0.05, 0.1) is 17.6 Å². The molecule has 3 aromatic heterocycles. The molecule has 3 heterocycles. The van der Waals surface area contributed by atoms with E-state index >= 15 is 0 Å². The van der Waals surface area contributed by atoms with E-state index in [1.165, 1.54) is 16.0 Å². The maximum Gasteiger partial charge on any atom is 0.314 e. The fourth-order valence-corrected chi connectivity index (χ4v) is 3.07. The molecule has 0 atom stereocenters. The summed E-state index contributed by atoms with van der Waals surface area (Å²) in [5.41, 5.74) is 0.203. The van der Waals surface area contributed by atoms with Crippen molar-refractivity contribution in [3.63, 3.8) is 0 Å². The number of hydrogen-bond acceptors (Lipinski definition) is 6. The van der Waals surface area contributed by atoms with Crippen LogP contribution < -0.4 is 0 Å². The second-order valence-corrected chi connectivity index (χ2v) is 6.39. The minimum Gasteiger partial charge on any atom is -0.415 e. The van der Waals surface area contributed by atoms with Crippen molar-refractivity contribution < 1.29 is 22.0 Å². The molecule has 0 aliphatic carbocycles. The van der Waals surface area contributed by atoms with Gasteiger partial charge >= 0.3 is 6.43 Å². The molecular formula is C16H9F4N5OS. The molecule has 0 fully saturated rings. The average Bonchev–Trinajstić information content (AvgIpc) is 3.39. The van der Waals surface area contributed by atoms with Crippen molar-refractivity contribution in [2.75, 3.05) is 0 Å². The highest BCUT2D eigenvalue weighted by Gasteiger charge is 2.20. The summed E-state index contributed by atoms with van der Waals surface area (Å²) in [7, 11) is 0. The van der Waals surface area contributed by atoms with Crippen LogP contribution in [0.25, 0.3) is 22.0 Å². The number of halogens is 4. The van der Waals surface area contributed by atoms with Gasteiger partial charge in [-0.25, -0.2) is 13.5 Å². The Kier molecular flexibility index (Phi) is 4.44. The third kappa shape index (κ3) is 3.45. The molecule has 27 heavy (non-hydrogen) atoms. The molecule has 4 aromatic rings. The zero-order valence-corrected chi connectivity index (χ0v) is 14.1. The summed E-state index contributed by atoms with van der Waals surface area (Å²) in [5.74, 6) is -3.10. The Morgan fingerprint density at radius 1 is 1.11 bits per heavy atom. The molecule has 0 saturated heterocycles. The SMILES string of the molecule is Fc1cc(-c2nnc(C(F)F)o2)cc(F)c1Cn1cc(-c2cccs2)nn1. The zero-order chi connectivity index (χ0) is 19.0. The lowest BCUT2D eigenvalue weighted by Crippen LogP contribution is -2.06. The van der Waals surface area contributed by atoms with E-state index in [9.17, 15) is 17.6 Å². The van der Waals surface area contributed by atoms with Crippen LogP contribution in [0.4, 0.5) is 17.6 Å². The molecule has 1 aromatic carbocycles. The molecule has 0 amide bonds. The molecule has 4 rings (SSSR count). The van der Waals surface area contributed by atoms with E-state index in [-0.39, 0.29) is 17.7 Å². The first-order valence-electron chi connectivity index (χ1n) is 7.55. The summed E-state index contributed by atoms with van der Waals surface area (Å²) in [4.78, 5) is 0.878. The van der Waals surface area contributed by atoms with Gasteiger partial charge in [-0.05, 0) is 23.6 Å². The summed E-state index contributed by atoms with van der Waals surface area (Å²) >= 11 is 1.46. The zero-order valence-electron chi connectivity index (χ0n) is 13.3. The third-order valence-electron chi connectivity index (χ3n) is 3.65. The molecule has 0 bridgehead atoms. The molecule has 0 radical (unpaired) electrons. The Bertz CT molecular complexity index is 1050. The molecule has 0 saturated carbocycles. The van der Waals surface area contributed by atoms with E-state index in [2.05, 4.69) is 20.5 Å². The topological polar surface area (TPSA) is 69.6 Å². The van der Waals surface area contributed by atoms with Crippen molar-refractivity contribution in [2.24, 2.45) is 0 Å². The van der Waals surface area contributed by atoms with Crippen LogP contribution in [-0.4, -0.2) is 25.2 Å². The molecule has 138 valence electrons. The fourth-order valence-electron chi connectivity index (χ4n) is 2.39. The first-order valence-corrected chi connectivity index (χ1v) is 8.43. The van der Waals surface area contributed by atoms with Crippen molar-refractivity contribution in [3.05, 3.63) is 58.9 Å². The van der Waals surface area contributed by atoms with Crippen LogP contribution in [0.3, 0.4) is 0 Å². The number of nitrogens with zero attached hydrogens (tertiary/aromatic N) is 5. The van der Waals surface area contributed by atoms with Crippen molar-refractivity contribution in [2.45, 2.75) is 13.0 Å². The summed E-state index contributed by atoms with van der Waals surface area (Å²) in [6.07, 6.45) is -1.39. The first-order chi connectivity index (χ1) is 13.0. The molecule has 0 spiro atoms. The van der Waals surface area contributed by atoms with Crippen LogP contribution >= 0.6 is 11.3 Å². The van der Waals surface area contributed by atoms with Gasteiger partial charge in [-0.1, -0.05) is 11.3 Å². The van der Waals surface area contributed by atoms with Crippen LogP contribution in [-0.2, 0) is 6.54 Å². The summed E-state index contributed by atoms with van der Waals surface area (Å²) in [6.45, 7) is -0.192. The van der Waals surface area contributed by atoms with Gasteiger partial charge in [-0.15, -0.1) is 26.6 Å². The highest BCUT2D eigenvalue weighted by Crippen LogP contribution is 2.27. The molecule has 0 aliphatic rings. The van der Waals surface area contributed by atoms with Crippen LogP contribution in [0.15, 0.2) is 40.3 Å². The predicted octanol–water partition coefficient (Wildman–Crippen LogP) is 4.32. The van der Waals surface area contributed by atoms with Crippen molar-refractivity contribution in [3.8, 4) is 22.0 Å². The quantitative estimate of drug-likeness (QED) is 0.471. The van der Waals surface area contributed by atoms with E-state index in [4.69, 9.17) is 4.42 Å². The Labute approximate surface area is 153 Å². The van der Waals surface area contributed by atoms with Gasteiger partial charge in [0, 0.05) is 11.1 Å². The fraction of sp³-hybridized carbons (Fsp3) is 0.125. The molecular weight excluding hydrogens is 386 g/mol. The number of rotatable bonds is 5. The van der Waals surface area contributed by atoms with Crippen molar-refractivity contribution >= 4 is 11.3 Å². The van der Waals surface area contributed by atoms with E-state index in [1.54, 1.807) is 6.20 Å². The number of aromatic nitrogens is 5. The molecule has 0 N–H and O–H groups in total. The first kappa shape index (κ1) is 17.3. The van der Waals surface area contributed by atoms with Crippen LogP contribution in [0.2, 0.25) is 0 Å². The van der Waals surface area contributed by atoms with E-state index in [0.717, 1.165) is 17.0 Å². The standard InChI is InChI=1S/C16H9F4N5OS/c17-10-4-8(15-22-23-16(26-15)14(19)20)5-11(18)9(10)6-25-7-12(21-24-25)13-2-1-3-27-13/h1-5,7,14H,6H2. The maximum atomic E-state index is 14.4. The van der Waals surface area contributed by atoms with E-state index in [1.807, 2.05) is 17.5 Å². The normalized spacial score (nSPS) is 11.4. The highest BCUT2D eigenvalue weighted by atomic mass is 32.1. The third-order valence-corrected chi connectivity index (χ3v) is 4.54. The average molecular weight is 395 g/mol. The predicted molar refractivity (Wildman–Crippen MR) is 87.0 cm³/mol. The Balaban J connectivity index is 1.60. The molecule has 11 heteroatoms. The van der Waals surface area contributed by atoms with Crippen molar-refractivity contribution in [1.29, 1.82) is 0 Å². The smallest absolute Gasteiger partial charge is 0.314 e. The number of hydrogen-bond donors (Lipinski definition) is 0. The Morgan fingerprint density at radius 2 is 1.89 bits per heavy atom. The van der Waals surface area contributed by atoms with Crippen LogP contribution in [0.5, 0.6) is 0 Å². The number of benzene rings is 1. The number of thiophene rings is 1. The summed E-state index contributed by atoms with van der Waals surface area (Å²) in [6, 6.07) is 5.59. The van der Waals surface area contributed by atoms with Crippen molar-refractivity contribution in [1.82, 2.24) is 25.2 Å². The Hall–Kier alpha value is -3.08. The lowest BCUT2D eigenvalue weighted by molar-refractivity contribution is 0.116. The van der Waals surface area contributed by atoms with E-state index < -0.39 is 29.8 Å². The van der Waals surface area contributed by atoms with Crippen LogP contribution in [0, 0.1) is 11.6 Å². The molecule has 0 unspecified atom stereocenters. The Morgan fingerprint density at radius 3 is 2.52 bits per heavy atom. The van der Waals surface area contributed by atoms with E-state index in [0.29, 0.717) is 5.69 Å². The van der Waals surface area contributed by atoms with Gasteiger partial charge in [-0.3, -0.25) is 0 Å². The van der Waals surface area contributed by atoms with Gasteiger partial charge in [-0.2, -0.15) is 8.78 Å². The van der Waals surface area contributed by atoms with Gasteiger partial charge < -0.3 is 4.42 Å². The lowest BCUT2D eigenvalue weighted by atomic mass is 10.1. The van der Waals surface area contributed by atoms with Gasteiger partial charge in [0.15, 0.2) is 0 Å². The largest absolute Gasteiger partial charge is 0.415 e. The number of alkyl halides is 2. The summed E-state index contributed by atoms with van der Waals surface area (Å²) in [5, 5.41) is 16.2. The maximum absolute atomic E-state index is 14.4. The highest BCUT2D eigenvalue weighted by molar-refractivity contribution is 7.13. The molecule has 0 aliphatic heterocycles. The van der Waals surface area contributed by atoms with Crippen LogP contribution in [0.1, 0.15) is 17.9 Å². The molecule has 6 nitrogen and oxygen atoms in total.